The lowest BCUT2D eigenvalue weighted by Gasteiger charge is -2.37. The van der Waals surface area contributed by atoms with Crippen molar-refractivity contribution in [1.82, 2.24) is 9.97 Å². The summed E-state index contributed by atoms with van der Waals surface area (Å²) in [6, 6.07) is 8.84. The lowest BCUT2D eigenvalue weighted by Crippen LogP contribution is -2.45. The van der Waals surface area contributed by atoms with Crippen LogP contribution >= 0.6 is 0 Å². The molecule has 24 heavy (non-hydrogen) atoms. The quantitative estimate of drug-likeness (QED) is 0.804. The van der Waals surface area contributed by atoms with Gasteiger partial charge >= 0.3 is 0 Å². The van der Waals surface area contributed by atoms with Crippen LogP contribution in [0, 0.1) is 0 Å². The van der Waals surface area contributed by atoms with Crippen molar-refractivity contribution in [2.45, 2.75) is 26.1 Å². The minimum atomic E-state index is 0.0962. The number of nitrogens with zero attached hydrogens (tertiary/aromatic N) is 3. The fourth-order valence-corrected chi connectivity index (χ4v) is 3.00. The molecule has 1 fully saturated rings. The summed E-state index contributed by atoms with van der Waals surface area (Å²) in [6.45, 7) is 5.45. The summed E-state index contributed by atoms with van der Waals surface area (Å²) >= 11 is 0. The molecule has 2 aromatic rings. The Morgan fingerprint density at radius 2 is 1.71 bits per heavy atom. The van der Waals surface area contributed by atoms with E-state index in [1.807, 2.05) is 26.0 Å². The Labute approximate surface area is 140 Å². The predicted octanol–water partition coefficient (Wildman–Crippen LogP) is 2.38. The van der Waals surface area contributed by atoms with E-state index in [9.17, 15) is 9.59 Å². The van der Waals surface area contributed by atoms with E-state index in [2.05, 4.69) is 14.9 Å². The third-order valence-electron chi connectivity index (χ3n) is 3.93. The summed E-state index contributed by atoms with van der Waals surface area (Å²) in [5, 5.41) is 0. The van der Waals surface area contributed by atoms with Crippen molar-refractivity contribution in [2.24, 2.45) is 0 Å². The number of anilines is 1. The number of hydrogen-bond donors (Lipinski definition) is 0. The number of ether oxygens (including phenoxy) is 1. The van der Waals surface area contributed by atoms with Gasteiger partial charge in [0.15, 0.2) is 12.6 Å². The number of morpholine rings is 1. The standard InChI is InChI=1S/C18H19N3O3/c1-12-8-21(9-13(2)24-12)18-7-6-16(20-17(18)11-23)15-5-3-4-14(10-22)19-15/h3-7,10-13H,8-9H2,1-2H3/t12-,13+. The van der Waals surface area contributed by atoms with Gasteiger partial charge in [-0.05, 0) is 38.1 Å². The van der Waals surface area contributed by atoms with Gasteiger partial charge in [0.1, 0.15) is 11.4 Å². The second kappa shape index (κ2) is 6.88. The molecule has 0 aromatic carbocycles. The topological polar surface area (TPSA) is 72.4 Å². The molecular weight excluding hydrogens is 306 g/mol. The van der Waals surface area contributed by atoms with Crippen LogP contribution in [0.3, 0.4) is 0 Å². The highest BCUT2D eigenvalue weighted by Gasteiger charge is 2.24. The van der Waals surface area contributed by atoms with Gasteiger partial charge in [-0.1, -0.05) is 6.07 Å². The van der Waals surface area contributed by atoms with Gasteiger partial charge in [0, 0.05) is 13.1 Å². The number of carbonyl (C=O) groups excluding carboxylic acids is 2. The summed E-state index contributed by atoms with van der Waals surface area (Å²) in [5.41, 5.74) is 2.63. The van der Waals surface area contributed by atoms with E-state index in [0.717, 1.165) is 12.0 Å². The summed E-state index contributed by atoms with van der Waals surface area (Å²) in [4.78, 5) is 33.2. The molecule has 1 aliphatic heterocycles. The highest BCUT2D eigenvalue weighted by Crippen LogP contribution is 2.25. The first-order valence-electron chi connectivity index (χ1n) is 7.90. The Morgan fingerprint density at radius 1 is 1.00 bits per heavy atom. The van der Waals surface area contributed by atoms with Crippen LogP contribution in [0.25, 0.3) is 11.4 Å². The molecule has 6 nitrogen and oxygen atoms in total. The average Bonchev–Trinajstić information content (AvgIpc) is 2.60. The largest absolute Gasteiger partial charge is 0.372 e. The van der Waals surface area contributed by atoms with E-state index < -0.39 is 0 Å². The molecule has 0 aliphatic carbocycles. The number of carbonyl (C=O) groups is 2. The smallest absolute Gasteiger partial charge is 0.170 e. The number of rotatable bonds is 4. The first kappa shape index (κ1) is 16.3. The van der Waals surface area contributed by atoms with Crippen molar-refractivity contribution in [3.63, 3.8) is 0 Å². The zero-order valence-electron chi connectivity index (χ0n) is 13.7. The summed E-state index contributed by atoms with van der Waals surface area (Å²) < 4.78 is 5.74. The molecule has 2 atom stereocenters. The van der Waals surface area contributed by atoms with Gasteiger partial charge in [0.2, 0.25) is 0 Å². The van der Waals surface area contributed by atoms with Crippen molar-refractivity contribution < 1.29 is 14.3 Å². The van der Waals surface area contributed by atoms with Gasteiger partial charge in [-0.15, -0.1) is 0 Å². The Morgan fingerprint density at radius 3 is 2.38 bits per heavy atom. The molecule has 0 N–H and O–H groups in total. The maximum Gasteiger partial charge on any atom is 0.170 e. The molecule has 0 spiro atoms. The van der Waals surface area contributed by atoms with E-state index in [4.69, 9.17) is 4.74 Å². The zero-order chi connectivity index (χ0) is 17.1. The zero-order valence-corrected chi connectivity index (χ0v) is 13.7. The van der Waals surface area contributed by atoms with Crippen LogP contribution in [0.2, 0.25) is 0 Å². The Balaban J connectivity index is 1.96. The molecule has 124 valence electrons. The molecule has 0 amide bonds. The Hall–Kier alpha value is -2.60. The second-order valence-electron chi connectivity index (χ2n) is 5.95. The normalized spacial score (nSPS) is 20.7. The van der Waals surface area contributed by atoms with Crippen LogP contribution in [0.5, 0.6) is 0 Å². The monoisotopic (exact) mass is 325 g/mol. The predicted molar refractivity (Wildman–Crippen MR) is 90.5 cm³/mol. The Kier molecular flexibility index (Phi) is 4.66. The van der Waals surface area contributed by atoms with Crippen LogP contribution in [-0.2, 0) is 4.74 Å². The van der Waals surface area contributed by atoms with E-state index in [-0.39, 0.29) is 12.2 Å². The molecular formula is C18H19N3O3. The molecule has 2 aromatic heterocycles. The first-order chi connectivity index (χ1) is 11.6. The van der Waals surface area contributed by atoms with Crippen molar-refractivity contribution in [3.05, 3.63) is 41.7 Å². The SMILES string of the molecule is C[C@@H]1CN(c2ccc(-c3cccc(C=O)n3)nc2C=O)C[C@H](C)O1. The highest BCUT2D eigenvalue weighted by molar-refractivity contribution is 5.83. The molecule has 1 aliphatic rings. The van der Waals surface area contributed by atoms with Crippen molar-refractivity contribution in [1.29, 1.82) is 0 Å². The van der Waals surface area contributed by atoms with Crippen LogP contribution in [0.1, 0.15) is 34.8 Å². The highest BCUT2D eigenvalue weighted by atomic mass is 16.5. The fourth-order valence-electron chi connectivity index (χ4n) is 3.00. The molecule has 6 heteroatoms. The van der Waals surface area contributed by atoms with E-state index in [1.165, 1.54) is 0 Å². The third-order valence-corrected chi connectivity index (χ3v) is 3.93. The lowest BCUT2D eigenvalue weighted by molar-refractivity contribution is -0.00527. The number of aromatic nitrogens is 2. The van der Waals surface area contributed by atoms with Gasteiger partial charge in [-0.2, -0.15) is 0 Å². The molecule has 3 heterocycles. The van der Waals surface area contributed by atoms with Gasteiger partial charge in [-0.25, -0.2) is 9.97 Å². The number of aldehydes is 2. The molecule has 0 radical (unpaired) electrons. The average molecular weight is 325 g/mol. The number of hydrogen-bond acceptors (Lipinski definition) is 6. The van der Waals surface area contributed by atoms with Gasteiger partial charge in [0.05, 0.1) is 29.3 Å². The summed E-state index contributed by atoms with van der Waals surface area (Å²) in [5.74, 6) is 0. The van der Waals surface area contributed by atoms with Crippen molar-refractivity contribution >= 4 is 18.3 Å². The van der Waals surface area contributed by atoms with Gasteiger partial charge in [0.25, 0.3) is 0 Å². The van der Waals surface area contributed by atoms with Crippen LogP contribution in [0.4, 0.5) is 5.69 Å². The van der Waals surface area contributed by atoms with Crippen molar-refractivity contribution in [3.8, 4) is 11.4 Å². The van der Waals surface area contributed by atoms with Gasteiger partial charge in [-0.3, -0.25) is 9.59 Å². The summed E-state index contributed by atoms with van der Waals surface area (Å²) in [6.07, 6.45) is 1.64. The maximum absolute atomic E-state index is 11.5. The maximum atomic E-state index is 11.5. The van der Waals surface area contributed by atoms with Crippen LogP contribution in [0.15, 0.2) is 30.3 Å². The Bertz CT molecular complexity index is 753. The van der Waals surface area contributed by atoms with Gasteiger partial charge < -0.3 is 9.64 Å². The van der Waals surface area contributed by atoms with Crippen LogP contribution < -0.4 is 4.90 Å². The second-order valence-corrected chi connectivity index (χ2v) is 5.95. The molecule has 0 unspecified atom stereocenters. The number of pyridine rings is 2. The molecule has 0 bridgehead atoms. The first-order valence-corrected chi connectivity index (χ1v) is 7.90. The molecule has 1 saturated heterocycles. The van der Waals surface area contributed by atoms with E-state index >= 15 is 0 Å². The van der Waals surface area contributed by atoms with Crippen molar-refractivity contribution in [2.75, 3.05) is 18.0 Å². The fraction of sp³-hybridized carbons (Fsp3) is 0.333. The third kappa shape index (κ3) is 3.33. The van der Waals surface area contributed by atoms with E-state index in [1.54, 1.807) is 18.2 Å². The minimum Gasteiger partial charge on any atom is -0.372 e. The minimum absolute atomic E-state index is 0.0962. The van der Waals surface area contributed by atoms with E-state index in [0.29, 0.717) is 42.2 Å². The lowest BCUT2D eigenvalue weighted by atomic mass is 10.1. The molecule has 0 saturated carbocycles. The molecule has 3 rings (SSSR count). The van der Waals surface area contributed by atoms with Crippen LogP contribution in [-0.4, -0.2) is 47.8 Å². The summed E-state index contributed by atoms with van der Waals surface area (Å²) in [7, 11) is 0.